The zero-order chi connectivity index (χ0) is 10.7. The third-order valence-electron chi connectivity index (χ3n) is 1.57. The molecule has 0 aliphatic heterocycles. The Kier molecular flexibility index (Phi) is 3.65. The predicted octanol–water partition coefficient (Wildman–Crippen LogP) is 1.55. The van der Waals surface area contributed by atoms with Crippen LogP contribution in [0.15, 0.2) is 15.2 Å². The first-order valence-electron chi connectivity index (χ1n) is 3.72. The van der Waals surface area contributed by atoms with E-state index in [-0.39, 0.29) is 0 Å². The average molecular weight is 278 g/mol. The van der Waals surface area contributed by atoms with Crippen molar-refractivity contribution in [2.24, 2.45) is 0 Å². The summed E-state index contributed by atoms with van der Waals surface area (Å²) in [6, 6.07) is 1.86. The van der Waals surface area contributed by atoms with E-state index in [4.69, 9.17) is 5.11 Å². The number of nitrogens with zero attached hydrogens (tertiary/aromatic N) is 1. The third kappa shape index (κ3) is 2.81. The van der Waals surface area contributed by atoms with Gasteiger partial charge in [0.05, 0.1) is 3.79 Å². The van der Waals surface area contributed by atoms with Gasteiger partial charge in [0.2, 0.25) is 0 Å². The molecule has 0 aliphatic rings. The molecule has 1 amide bonds. The SMILES string of the molecule is CN(Cc1csc(Br)c1)C(=O)C(=O)O. The predicted molar refractivity (Wildman–Crippen MR) is 56.1 cm³/mol. The van der Waals surface area contributed by atoms with Gasteiger partial charge in [-0.2, -0.15) is 0 Å². The molecule has 0 aliphatic carbocycles. The summed E-state index contributed by atoms with van der Waals surface area (Å²) in [6.45, 7) is 0.313. The van der Waals surface area contributed by atoms with Gasteiger partial charge in [-0.25, -0.2) is 4.79 Å². The standard InChI is InChI=1S/C8H8BrNO3S/c1-10(7(11)8(12)13)3-5-2-6(9)14-4-5/h2,4H,3H2,1H3,(H,12,13). The molecule has 0 fully saturated rings. The quantitative estimate of drug-likeness (QED) is 0.835. The van der Waals surface area contributed by atoms with Gasteiger partial charge in [-0.1, -0.05) is 0 Å². The van der Waals surface area contributed by atoms with Crippen molar-refractivity contribution in [3.63, 3.8) is 0 Å². The van der Waals surface area contributed by atoms with Crippen molar-refractivity contribution in [2.75, 3.05) is 7.05 Å². The Bertz CT molecular complexity index is 363. The van der Waals surface area contributed by atoms with Gasteiger partial charge in [0, 0.05) is 13.6 Å². The van der Waals surface area contributed by atoms with E-state index in [1.807, 2.05) is 11.4 Å². The Labute approximate surface area is 93.3 Å². The topological polar surface area (TPSA) is 57.6 Å². The molecule has 6 heteroatoms. The van der Waals surface area contributed by atoms with Crippen molar-refractivity contribution < 1.29 is 14.7 Å². The zero-order valence-electron chi connectivity index (χ0n) is 7.36. The summed E-state index contributed by atoms with van der Waals surface area (Å²) in [5.41, 5.74) is 0.916. The van der Waals surface area contributed by atoms with Gasteiger partial charge >= 0.3 is 11.9 Å². The fourth-order valence-corrected chi connectivity index (χ4v) is 2.14. The van der Waals surface area contributed by atoms with E-state index in [1.165, 1.54) is 18.4 Å². The Morgan fingerprint density at radius 2 is 2.29 bits per heavy atom. The Hall–Kier alpha value is -0.880. The first-order valence-corrected chi connectivity index (χ1v) is 5.39. The van der Waals surface area contributed by atoms with Gasteiger partial charge in [-0.05, 0) is 32.9 Å². The van der Waals surface area contributed by atoms with Crippen molar-refractivity contribution >= 4 is 39.1 Å². The molecular formula is C8H8BrNO3S. The zero-order valence-corrected chi connectivity index (χ0v) is 9.76. The average Bonchev–Trinajstić information content (AvgIpc) is 2.49. The Balaban J connectivity index is 2.61. The van der Waals surface area contributed by atoms with Crippen molar-refractivity contribution in [3.8, 4) is 0 Å². The van der Waals surface area contributed by atoms with E-state index in [0.717, 1.165) is 14.2 Å². The molecule has 0 unspecified atom stereocenters. The van der Waals surface area contributed by atoms with Crippen LogP contribution in [0, 0.1) is 0 Å². The summed E-state index contributed by atoms with van der Waals surface area (Å²) >= 11 is 4.78. The number of hydrogen-bond donors (Lipinski definition) is 1. The van der Waals surface area contributed by atoms with Crippen LogP contribution < -0.4 is 0 Å². The summed E-state index contributed by atoms with van der Waals surface area (Å²) < 4.78 is 0.962. The minimum absolute atomic E-state index is 0.313. The highest BCUT2D eigenvalue weighted by molar-refractivity contribution is 9.11. The van der Waals surface area contributed by atoms with E-state index in [9.17, 15) is 9.59 Å². The normalized spacial score (nSPS) is 9.86. The van der Waals surface area contributed by atoms with Gasteiger partial charge in [-0.3, -0.25) is 4.79 Å². The molecule has 0 aromatic carbocycles. The van der Waals surface area contributed by atoms with E-state index < -0.39 is 11.9 Å². The second-order valence-corrected chi connectivity index (χ2v) is 5.02. The van der Waals surface area contributed by atoms with Crippen LogP contribution in [0.4, 0.5) is 0 Å². The molecule has 0 radical (unpaired) electrons. The number of carboxylic acid groups (broad SMARTS) is 1. The second-order valence-electron chi connectivity index (χ2n) is 2.73. The molecule has 0 atom stereocenters. The van der Waals surface area contributed by atoms with Crippen LogP contribution in [0.1, 0.15) is 5.56 Å². The summed E-state index contributed by atoms with van der Waals surface area (Å²) in [5, 5.41) is 10.3. The van der Waals surface area contributed by atoms with Crippen LogP contribution in [0.25, 0.3) is 0 Å². The molecule has 14 heavy (non-hydrogen) atoms. The summed E-state index contributed by atoms with van der Waals surface area (Å²) in [4.78, 5) is 22.5. The minimum atomic E-state index is -1.43. The molecule has 0 bridgehead atoms. The lowest BCUT2D eigenvalue weighted by Crippen LogP contribution is -2.32. The molecular weight excluding hydrogens is 270 g/mol. The molecule has 76 valence electrons. The van der Waals surface area contributed by atoms with E-state index in [0.29, 0.717) is 6.54 Å². The molecule has 1 heterocycles. The van der Waals surface area contributed by atoms with E-state index in [2.05, 4.69) is 15.9 Å². The fourth-order valence-electron chi connectivity index (χ4n) is 0.938. The fraction of sp³-hybridized carbons (Fsp3) is 0.250. The van der Waals surface area contributed by atoms with Crippen molar-refractivity contribution in [1.82, 2.24) is 4.90 Å². The van der Waals surface area contributed by atoms with Gasteiger partial charge in [0.25, 0.3) is 0 Å². The highest BCUT2D eigenvalue weighted by Gasteiger charge is 2.17. The third-order valence-corrected chi connectivity index (χ3v) is 3.12. The number of carbonyl (C=O) groups excluding carboxylic acids is 1. The maximum Gasteiger partial charge on any atom is 0.394 e. The largest absolute Gasteiger partial charge is 0.474 e. The lowest BCUT2D eigenvalue weighted by molar-refractivity contribution is -0.155. The number of amides is 1. The van der Waals surface area contributed by atoms with Gasteiger partial charge in [0.15, 0.2) is 0 Å². The second kappa shape index (κ2) is 4.56. The molecule has 4 nitrogen and oxygen atoms in total. The number of aliphatic carboxylic acids is 1. The number of thiophene rings is 1. The Morgan fingerprint density at radius 3 is 2.71 bits per heavy atom. The first kappa shape index (κ1) is 11.2. The number of halogens is 1. The number of hydrogen-bond acceptors (Lipinski definition) is 3. The number of carboxylic acids is 1. The molecule has 0 spiro atoms. The molecule has 1 aromatic rings. The number of carbonyl (C=O) groups is 2. The van der Waals surface area contributed by atoms with Gasteiger partial charge < -0.3 is 10.0 Å². The van der Waals surface area contributed by atoms with Crippen LogP contribution >= 0.6 is 27.3 Å². The van der Waals surface area contributed by atoms with Crippen LogP contribution in [0.2, 0.25) is 0 Å². The maximum atomic E-state index is 11.0. The lowest BCUT2D eigenvalue weighted by Gasteiger charge is -2.12. The minimum Gasteiger partial charge on any atom is -0.474 e. The van der Waals surface area contributed by atoms with Crippen LogP contribution in [-0.2, 0) is 16.1 Å². The number of rotatable bonds is 2. The monoisotopic (exact) mass is 277 g/mol. The summed E-state index contributed by atoms with van der Waals surface area (Å²) in [7, 11) is 1.46. The van der Waals surface area contributed by atoms with E-state index >= 15 is 0 Å². The molecule has 0 saturated heterocycles. The molecule has 1 rings (SSSR count). The highest BCUT2D eigenvalue weighted by Crippen LogP contribution is 2.21. The number of likely N-dealkylation sites (N-methyl/N-ethyl adjacent to an activating group) is 1. The van der Waals surface area contributed by atoms with Crippen LogP contribution in [0.5, 0.6) is 0 Å². The van der Waals surface area contributed by atoms with Gasteiger partial charge in [-0.15, -0.1) is 11.3 Å². The van der Waals surface area contributed by atoms with Crippen LogP contribution in [-0.4, -0.2) is 28.9 Å². The van der Waals surface area contributed by atoms with Crippen molar-refractivity contribution in [3.05, 3.63) is 20.8 Å². The molecule has 1 N–H and O–H groups in total. The molecule has 1 aromatic heterocycles. The van der Waals surface area contributed by atoms with Crippen molar-refractivity contribution in [2.45, 2.75) is 6.54 Å². The molecule has 0 saturated carbocycles. The first-order chi connectivity index (χ1) is 6.50. The highest BCUT2D eigenvalue weighted by atomic mass is 79.9. The lowest BCUT2D eigenvalue weighted by atomic mass is 10.3. The summed E-state index contributed by atoms with van der Waals surface area (Å²) in [6.07, 6.45) is 0. The maximum absolute atomic E-state index is 11.0. The van der Waals surface area contributed by atoms with Crippen molar-refractivity contribution in [1.29, 1.82) is 0 Å². The van der Waals surface area contributed by atoms with Gasteiger partial charge in [0.1, 0.15) is 0 Å². The summed E-state index contributed by atoms with van der Waals surface area (Å²) in [5.74, 6) is -2.32. The van der Waals surface area contributed by atoms with E-state index in [1.54, 1.807) is 0 Å². The van der Waals surface area contributed by atoms with Crippen LogP contribution in [0.3, 0.4) is 0 Å². The Morgan fingerprint density at radius 1 is 1.64 bits per heavy atom. The smallest absolute Gasteiger partial charge is 0.394 e.